The molecule has 0 amide bonds. The van der Waals surface area contributed by atoms with Gasteiger partial charge in [-0.05, 0) is 25.7 Å². The first-order valence-electron chi connectivity index (χ1n) is 7.08. The number of hydrogen-bond donors (Lipinski definition) is 0. The average molecular weight is 299 g/mol. The van der Waals surface area contributed by atoms with E-state index < -0.39 is 0 Å². The standard InChI is InChI=1S/C16H27Br/c1-2-3-4-5-6-7-8-9-10-11-12-13-14-15-16-17/h5-6H,2-4,7-8,11-16H2,1H3. The highest BCUT2D eigenvalue weighted by Crippen LogP contribution is 2.04. The summed E-state index contributed by atoms with van der Waals surface area (Å²) in [5.41, 5.74) is 0. The van der Waals surface area contributed by atoms with Crippen molar-refractivity contribution in [3.05, 3.63) is 12.2 Å². The van der Waals surface area contributed by atoms with E-state index in [0.29, 0.717) is 0 Å². The van der Waals surface area contributed by atoms with Gasteiger partial charge in [0, 0.05) is 18.2 Å². The summed E-state index contributed by atoms with van der Waals surface area (Å²) >= 11 is 3.45. The Bertz CT molecular complexity index is 219. The maximum atomic E-state index is 3.45. The normalized spacial score (nSPS) is 10.5. The molecule has 0 spiro atoms. The molecule has 0 saturated heterocycles. The van der Waals surface area contributed by atoms with Crippen LogP contribution in [0.2, 0.25) is 0 Å². The van der Waals surface area contributed by atoms with Crippen molar-refractivity contribution < 1.29 is 0 Å². The van der Waals surface area contributed by atoms with E-state index in [2.05, 4.69) is 46.8 Å². The largest absolute Gasteiger partial charge is 0.103 e. The number of alkyl halides is 1. The van der Waals surface area contributed by atoms with Gasteiger partial charge in [-0.2, -0.15) is 0 Å². The lowest BCUT2D eigenvalue weighted by molar-refractivity contribution is 0.685. The van der Waals surface area contributed by atoms with Crippen LogP contribution in [-0.4, -0.2) is 5.33 Å². The fourth-order valence-electron chi connectivity index (χ4n) is 1.55. The summed E-state index contributed by atoms with van der Waals surface area (Å²) in [6, 6.07) is 0. The van der Waals surface area contributed by atoms with Gasteiger partial charge >= 0.3 is 0 Å². The molecule has 1 heteroatoms. The Kier molecular flexibility index (Phi) is 15.6. The molecule has 0 rings (SSSR count). The van der Waals surface area contributed by atoms with Crippen molar-refractivity contribution in [1.29, 1.82) is 0 Å². The van der Waals surface area contributed by atoms with Gasteiger partial charge in [-0.3, -0.25) is 0 Å². The highest BCUT2D eigenvalue weighted by atomic mass is 79.9. The molecule has 0 radical (unpaired) electrons. The molecule has 0 N–H and O–H groups in total. The van der Waals surface area contributed by atoms with Crippen molar-refractivity contribution in [1.82, 2.24) is 0 Å². The van der Waals surface area contributed by atoms with Gasteiger partial charge in [0.1, 0.15) is 0 Å². The fourth-order valence-corrected chi connectivity index (χ4v) is 1.95. The fraction of sp³-hybridized carbons (Fsp3) is 0.750. The third-order valence-electron chi connectivity index (χ3n) is 2.64. The molecule has 0 nitrogen and oxygen atoms in total. The first kappa shape index (κ1) is 16.8. The van der Waals surface area contributed by atoms with Gasteiger partial charge in [-0.1, -0.05) is 60.7 Å². The summed E-state index contributed by atoms with van der Waals surface area (Å²) in [5, 5.41) is 1.14. The smallest absolute Gasteiger partial charge is 0.0123 e. The van der Waals surface area contributed by atoms with Crippen LogP contribution < -0.4 is 0 Å². The number of halogens is 1. The second kappa shape index (κ2) is 15.8. The molecule has 0 unspecified atom stereocenters. The Morgan fingerprint density at radius 3 is 2.29 bits per heavy atom. The topological polar surface area (TPSA) is 0 Å². The van der Waals surface area contributed by atoms with Crippen LogP contribution in [0.25, 0.3) is 0 Å². The van der Waals surface area contributed by atoms with E-state index in [1.807, 2.05) is 0 Å². The van der Waals surface area contributed by atoms with Gasteiger partial charge in [-0.15, -0.1) is 11.8 Å². The summed E-state index contributed by atoms with van der Waals surface area (Å²) < 4.78 is 0. The first-order chi connectivity index (χ1) is 8.41. The van der Waals surface area contributed by atoms with Crippen LogP contribution in [0.4, 0.5) is 0 Å². The SMILES string of the molecule is CCCCC=CCCC#CCCCCCCBr. The van der Waals surface area contributed by atoms with E-state index >= 15 is 0 Å². The minimum absolute atomic E-state index is 1.03. The predicted octanol–water partition coefficient (Wildman–Crippen LogP) is 5.86. The molecule has 98 valence electrons. The van der Waals surface area contributed by atoms with E-state index in [1.165, 1.54) is 44.9 Å². The van der Waals surface area contributed by atoms with Crippen molar-refractivity contribution in [3.63, 3.8) is 0 Å². The van der Waals surface area contributed by atoms with Crippen LogP contribution in [0.15, 0.2) is 12.2 Å². The Morgan fingerprint density at radius 2 is 1.53 bits per heavy atom. The minimum atomic E-state index is 1.03. The van der Waals surface area contributed by atoms with Crippen LogP contribution in [0.3, 0.4) is 0 Å². The Labute approximate surface area is 116 Å². The van der Waals surface area contributed by atoms with Gasteiger partial charge in [0.15, 0.2) is 0 Å². The molecule has 0 bridgehead atoms. The molecule has 0 aromatic heterocycles. The number of unbranched alkanes of at least 4 members (excludes halogenated alkanes) is 7. The van der Waals surface area contributed by atoms with Gasteiger partial charge in [-0.25, -0.2) is 0 Å². The summed E-state index contributed by atoms with van der Waals surface area (Å²) in [6.07, 6.45) is 16.9. The van der Waals surface area contributed by atoms with E-state index in [9.17, 15) is 0 Å². The zero-order valence-electron chi connectivity index (χ0n) is 11.3. The molecule has 0 aliphatic heterocycles. The van der Waals surface area contributed by atoms with Gasteiger partial charge < -0.3 is 0 Å². The zero-order chi connectivity index (χ0) is 12.6. The maximum Gasteiger partial charge on any atom is 0.0123 e. The summed E-state index contributed by atoms with van der Waals surface area (Å²) in [4.78, 5) is 0. The van der Waals surface area contributed by atoms with Crippen LogP contribution in [-0.2, 0) is 0 Å². The highest BCUT2D eigenvalue weighted by molar-refractivity contribution is 9.09. The van der Waals surface area contributed by atoms with Crippen molar-refractivity contribution in [2.45, 2.75) is 71.1 Å². The molecule has 0 aromatic carbocycles. The molecule has 0 aromatic rings. The van der Waals surface area contributed by atoms with Crippen LogP contribution in [0.1, 0.15) is 71.1 Å². The highest BCUT2D eigenvalue weighted by Gasteiger charge is 1.86. The number of allylic oxidation sites excluding steroid dienone is 2. The lowest BCUT2D eigenvalue weighted by atomic mass is 10.1. The number of rotatable bonds is 10. The Balaban J connectivity index is 3.17. The maximum absolute atomic E-state index is 3.45. The average Bonchev–Trinajstić information content (AvgIpc) is 2.35. The van der Waals surface area contributed by atoms with Crippen molar-refractivity contribution in [2.75, 3.05) is 5.33 Å². The molecular formula is C16H27Br. The van der Waals surface area contributed by atoms with E-state index in [-0.39, 0.29) is 0 Å². The molecule has 17 heavy (non-hydrogen) atoms. The Hall–Kier alpha value is -0.220. The second-order valence-electron chi connectivity index (χ2n) is 4.36. The molecular weight excluding hydrogens is 272 g/mol. The lowest BCUT2D eigenvalue weighted by Crippen LogP contribution is -1.78. The first-order valence-corrected chi connectivity index (χ1v) is 8.20. The minimum Gasteiger partial charge on any atom is -0.103 e. The van der Waals surface area contributed by atoms with Crippen molar-refractivity contribution in [2.24, 2.45) is 0 Å². The summed E-state index contributed by atoms with van der Waals surface area (Å²) in [7, 11) is 0. The molecule has 0 heterocycles. The quantitative estimate of drug-likeness (QED) is 0.205. The van der Waals surface area contributed by atoms with Gasteiger partial charge in [0.05, 0.1) is 0 Å². The van der Waals surface area contributed by atoms with Crippen LogP contribution in [0, 0.1) is 11.8 Å². The van der Waals surface area contributed by atoms with Gasteiger partial charge in [0.2, 0.25) is 0 Å². The monoisotopic (exact) mass is 298 g/mol. The zero-order valence-corrected chi connectivity index (χ0v) is 12.9. The second-order valence-corrected chi connectivity index (χ2v) is 5.15. The third-order valence-corrected chi connectivity index (χ3v) is 3.20. The molecule has 0 aliphatic carbocycles. The molecule has 0 atom stereocenters. The summed E-state index contributed by atoms with van der Waals surface area (Å²) in [5.74, 6) is 6.53. The van der Waals surface area contributed by atoms with E-state index in [4.69, 9.17) is 0 Å². The van der Waals surface area contributed by atoms with Crippen LogP contribution >= 0.6 is 15.9 Å². The van der Waals surface area contributed by atoms with E-state index in [0.717, 1.165) is 24.6 Å². The van der Waals surface area contributed by atoms with Crippen molar-refractivity contribution >= 4 is 15.9 Å². The lowest BCUT2D eigenvalue weighted by Gasteiger charge is -1.93. The summed E-state index contributed by atoms with van der Waals surface area (Å²) in [6.45, 7) is 2.23. The van der Waals surface area contributed by atoms with Crippen molar-refractivity contribution in [3.8, 4) is 11.8 Å². The predicted molar refractivity (Wildman–Crippen MR) is 82.6 cm³/mol. The van der Waals surface area contributed by atoms with Crippen LogP contribution in [0.5, 0.6) is 0 Å². The molecule has 0 aliphatic rings. The Morgan fingerprint density at radius 1 is 0.824 bits per heavy atom. The number of hydrogen-bond acceptors (Lipinski definition) is 0. The van der Waals surface area contributed by atoms with Gasteiger partial charge in [0.25, 0.3) is 0 Å². The van der Waals surface area contributed by atoms with E-state index in [1.54, 1.807) is 0 Å². The molecule has 0 saturated carbocycles. The third kappa shape index (κ3) is 15.8. The molecule has 0 fully saturated rings.